The maximum atomic E-state index is 13.4. The lowest BCUT2D eigenvalue weighted by Gasteiger charge is -2.09. The van der Waals surface area contributed by atoms with Crippen molar-refractivity contribution >= 4 is 29.1 Å². The van der Waals surface area contributed by atoms with E-state index in [2.05, 4.69) is 0 Å². The summed E-state index contributed by atoms with van der Waals surface area (Å²) in [6, 6.07) is 10.5. The third-order valence-electron chi connectivity index (χ3n) is 2.59. The first-order valence-corrected chi connectivity index (χ1v) is 6.96. The second-order valence-corrected chi connectivity index (χ2v) is 5.39. The lowest BCUT2D eigenvalue weighted by Crippen LogP contribution is -1.94. The van der Waals surface area contributed by atoms with Crippen LogP contribution in [0.15, 0.2) is 41.3 Å². The Morgan fingerprint density at radius 2 is 1.95 bits per heavy atom. The van der Waals surface area contributed by atoms with Gasteiger partial charge in [0.1, 0.15) is 0 Å². The highest BCUT2D eigenvalue weighted by molar-refractivity contribution is 7.98. The van der Waals surface area contributed by atoms with Crippen molar-refractivity contribution in [3.8, 4) is 5.75 Å². The van der Waals surface area contributed by atoms with Gasteiger partial charge < -0.3 is 10.5 Å². The monoisotopic (exact) mass is 297 g/mol. The first kappa shape index (κ1) is 14.0. The molecule has 2 N–H and O–H groups in total. The number of anilines is 1. The van der Waals surface area contributed by atoms with Crippen molar-refractivity contribution in [2.24, 2.45) is 0 Å². The van der Waals surface area contributed by atoms with E-state index < -0.39 is 5.82 Å². The lowest BCUT2D eigenvalue weighted by atomic mass is 10.2. The molecule has 0 fully saturated rings. The molecule has 0 aliphatic carbocycles. The molecular weight excluding hydrogens is 285 g/mol. The Hall–Kier alpha value is -1.39. The van der Waals surface area contributed by atoms with Crippen LogP contribution in [0, 0.1) is 5.82 Å². The van der Waals surface area contributed by atoms with Crippen LogP contribution in [0.1, 0.15) is 5.56 Å². The van der Waals surface area contributed by atoms with Crippen LogP contribution in [0.5, 0.6) is 5.75 Å². The summed E-state index contributed by atoms with van der Waals surface area (Å²) >= 11 is 7.36. The number of benzene rings is 2. The molecule has 0 amide bonds. The number of methoxy groups -OCH3 is 1. The molecule has 0 bridgehead atoms. The first-order valence-electron chi connectivity index (χ1n) is 5.60. The average Bonchev–Trinajstić information content (AvgIpc) is 2.40. The highest BCUT2D eigenvalue weighted by Crippen LogP contribution is 2.33. The molecule has 2 aromatic carbocycles. The number of halogens is 2. The van der Waals surface area contributed by atoms with Gasteiger partial charge in [0.15, 0.2) is 11.6 Å². The van der Waals surface area contributed by atoms with Gasteiger partial charge in [-0.3, -0.25) is 0 Å². The predicted molar refractivity (Wildman–Crippen MR) is 78.4 cm³/mol. The molecule has 2 nitrogen and oxygen atoms in total. The summed E-state index contributed by atoms with van der Waals surface area (Å²) in [4.78, 5) is 0.799. The number of nitrogens with two attached hydrogens (primary N) is 1. The van der Waals surface area contributed by atoms with Crippen molar-refractivity contribution in [2.75, 3.05) is 12.8 Å². The van der Waals surface area contributed by atoms with E-state index in [4.69, 9.17) is 22.1 Å². The molecule has 0 heterocycles. The minimum Gasteiger partial charge on any atom is -0.494 e. The third kappa shape index (κ3) is 3.55. The summed E-state index contributed by atoms with van der Waals surface area (Å²) in [5.41, 5.74) is 7.33. The van der Waals surface area contributed by atoms with Crippen LogP contribution in [0.2, 0.25) is 5.02 Å². The quantitative estimate of drug-likeness (QED) is 0.672. The summed E-state index contributed by atoms with van der Waals surface area (Å²) in [7, 11) is 1.43. The SMILES string of the molecule is COc1cc(SCc2ccc(Cl)cc2)c(N)cc1F. The Kier molecular flexibility index (Phi) is 4.56. The Labute approximate surface area is 120 Å². The van der Waals surface area contributed by atoms with E-state index in [0.29, 0.717) is 10.7 Å². The van der Waals surface area contributed by atoms with Gasteiger partial charge in [0, 0.05) is 27.4 Å². The summed E-state index contributed by atoms with van der Waals surface area (Å²) in [6.45, 7) is 0. The largest absolute Gasteiger partial charge is 0.494 e. The molecule has 0 aliphatic rings. The normalized spacial score (nSPS) is 10.5. The third-order valence-corrected chi connectivity index (χ3v) is 3.99. The Morgan fingerprint density at radius 1 is 1.26 bits per heavy atom. The summed E-state index contributed by atoms with van der Waals surface area (Å²) in [6.07, 6.45) is 0. The average molecular weight is 298 g/mol. The Bertz CT molecular complexity index is 574. The number of hydrogen-bond donors (Lipinski definition) is 1. The maximum absolute atomic E-state index is 13.4. The van der Waals surface area contributed by atoms with Crippen LogP contribution in [-0.2, 0) is 5.75 Å². The molecule has 0 aromatic heterocycles. The Balaban J connectivity index is 2.13. The van der Waals surface area contributed by atoms with Crippen LogP contribution in [-0.4, -0.2) is 7.11 Å². The van der Waals surface area contributed by atoms with Gasteiger partial charge in [-0.1, -0.05) is 23.7 Å². The van der Waals surface area contributed by atoms with Crippen molar-refractivity contribution < 1.29 is 9.13 Å². The van der Waals surface area contributed by atoms with Gasteiger partial charge in [0.2, 0.25) is 0 Å². The molecule has 2 aromatic rings. The van der Waals surface area contributed by atoms with Crippen molar-refractivity contribution in [2.45, 2.75) is 10.6 Å². The second kappa shape index (κ2) is 6.17. The molecule has 0 radical (unpaired) electrons. The van der Waals surface area contributed by atoms with Crippen molar-refractivity contribution in [1.29, 1.82) is 0 Å². The lowest BCUT2D eigenvalue weighted by molar-refractivity contribution is 0.385. The number of thioether (sulfide) groups is 1. The van der Waals surface area contributed by atoms with Crippen molar-refractivity contribution in [3.05, 3.63) is 52.8 Å². The van der Waals surface area contributed by atoms with Gasteiger partial charge in [-0.25, -0.2) is 4.39 Å². The molecule has 0 unspecified atom stereocenters. The second-order valence-electron chi connectivity index (χ2n) is 3.94. The molecule has 100 valence electrons. The highest BCUT2D eigenvalue weighted by atomic mass is 35.5. The minimum absolute atomic E-state index is 0.202. The van der Waals surface area contributed by atoms with E-state index in [1.807, 2.05) is 24.3 Å². The zero-order valence-corrected chi connectivity index (χ0v) is 11.9. The summed E-state index contributed by atoms with van der Waals surface area (Å²) < 4.78 is 18.4. The number of ether oxygens (including phenoxy) is 1. The van der Waals surface area contributed by atoms with E-state index in [0.717, 1.165) is 16.2 Å². The molecule has 0 saturated heterocycles. The number of rotatable bonds is 4. The fraction of sp³-hybridized carbons (Fsp3) is 0.143. The van der Waals surface area contributed by atoms with Crippen molar-refractivity contribution in [1.82, 2.24) is 0 Å². The topological polar surface area (TPSA) is 35.2 Å². The van der Waals surface area contributed by atoms with Gasteiger partial charge in [0.05, 0.1) is 7.11 Å². The van der Waals surface area contributed by atoms with Crippen LogP contribution in [0.4, 0.5) is 10.1 Å². The predicted octanol–water partition coefficient (Wildman–Crippen LogP) is 4.36. The highest BCUT2D eigenvalue weighted by Gasteiger charge is 2.09. The molecule has 0 atom stereocenters. The molecule has 0 aliphatic heterocycles. The summed E-state index contributed by atoms with van der Waals surface area (Å²) in [5.74, 6) is 0.486. The number of hydrogen-bond acceptors (Lipinski definition) is 3. The van der Waals surface area contributed by atoms with Gasteiger partial charge >= 0.3 is 0 Å². The van der Waals surface area contributed by atoms with Gasteiger partial charge in [-0.05, 0) is 23.8 Å². The van der Waals surface area contributed by atoms with E-state index in [9.17, 15) is 4.39 Å². The molecular formula is C14H13ClFNOS. The van der Waals surface area contributed by atoms with Crippen LogP contribution in [0.3, 0.4) is 0 Å². The number of nitrogen functional groups attached to an aromatic ring is 1. The van der Waals surface area contributed by atoms with E-state index in [1.165, 1.54) is 24.9 Å². The summed E-state index contributed by atoms with van der Waals surface area (Å²) in [5, 5.41) is 0.705. The van der Waals surface area contributed by atoms with E-state index in [1.54, 1.807) is 6.07 Å². The van der Waals surface area contributed by atoms with Crippen LogP contribution in [0.25, 0.3) is 0 Å². The van der Waals surface area contributed by atoms with Gasteiger partial charge in [-0.15, -0.1) is 11.8 Å². The molecule has 2 rings (SSSR count). The molecule has 19 heavy (non-hydrogen) atoms. The Morgan fingerprint density at radius 3 is 2.58 bits per heavy atom. The standard InChI is InChI=1S/C14H13ClFNOS/c1-18-13-7-14(12(17)6-11(13)16)19-8-9-2-4-10(15)5-3-9/h2-7H,8,17H2,1H3. The maximum Gasteiger partial charge on any atom is 0.167 e. The van der Waals surface area contributed by atoms with Gasteiger partial charge in [-0.2, -0.15) is 0 Å². The molecule has 0 saturated carbocycles. The fourth-order valence-electron chi connectivity index (χ4n) is 1.57. The minimum atomic E-state index is -0.448. The molecule has 0 spiro atoms. The zero-order valence-electron chi connectivity index (χ0n) is 10.3. The van der Waals surface area contributed by atoms with E-state index in [-0.39, 0.29) is 5.75 Å². The van der Waals surface area contributed by atoms with E-state index >= 15 is 0 Å². The van der Waals surface area contributed by atoms with Gasteiger partial charge in [0.25, 0.3) is 0 Å². The zero-order chi connectivity index (χ0) is 13.8. The van der Waals surface area contributed by atoms with Crippen molar-refractivity contribution in [3.63, 3.8) is 0 Å². The first-order chi connectivity index (χ1) is 9.10. The van der Waals surface area contributed by atoms with Crippen LogP contribution < -0.4 is 10.5 Å². The fourth-order valence-corrected chi connectivity index (χ4v) is 2.63. The van der Waals surface area contributed by atoms with Crippen LogP contribution >= 0.6 is 23.4 Å². The molecule has 5 heteroatoms. The smallest absolute Gasteiger partial charge is 0.167 e.